The van der Waals surface area contributed by atoms with E-state index in [0.29, 0.717) is 6.42 Å². The maximum absolute atomic E-state index is 12.2. The van der Waals surface area contributed by atoms with Gasteiger partial charge in [-0.05, 0) is 19.9 Å². The fourth-order valence-electron chi connectivity index (χ4n) is 1.58. The summed E-state index contributed by atoms with van der Waals surface area (Å²) in [5, 5.41) is 9.53. The number of nitrogens with zero attached hydrogens (tertiary/aromatic N) is 1. The van der Waals surface area contributed by atoms with Gasteiger partial charge < -0.3 is 9.84 Å². The van der Waals surface area contributed by atoms with Crippen LogP contribution in [0.5, 0.6) is 0 Å². The van der Waals surface area contributed by atoms with Crippen LogP contribution < -0.4 is 0 Å². The highest BCUT2D eigenvalue weighted by Crippen LogP contribution is 2.17. The molecule has 7 heteroatoms. The summed E-state index contributed by atoms with van der Waals surface area (Å²) in [4.78, 5) is 12.1. The van der Waals surface area contributed by atoms with Crippen molar-refractivity contribution in [3.05, 3.63) is 0 Å². The number of halogens is 3. The molecular formula is C11H20F3NO3. The maximum Gasteiger partial charge on any atom is 0.401 e. The van der Waals surface area contributed by atoms with E-state index in [9.17, 15) is 23.1 Å². The van der Waals surface area contributed by atoms with Gasteiger partial charge in [0.05, 0.1) is 25.7 Å². The maximum atomic E-state index is 12.2. The number of carbonyl (C=O) groups excluding carboxylic acids is 1. The minimum absolute atomic E-state index is 0.187. The molecule has 0 saturated heterocycles. The first-order valence-corrected chi connectivity index (χ1v) is 5.91. The summed E-state index contributed by atoms with van der Waals surface area (Å²) in [6.45, 7) is 2.51. The van der Waals surface area contributed by atoms with Gasteiger partial charge in [0.2, 0.25) is 0 Å². The van der Waals surface area contributed by atoms with Crippen molar-refractivity contribution in [1.82, 2.24) is 4.90 Å². The van der Waals surface area contributed by atoms with Crippen LogP contribution in [0.3, 0.4) is 0 Å². The zero-order chi connectivity index (χ0) is 14.2. The number of esters is 1. The summed E-state index contributed by atoms with van der Waals surface area (Å²) in [6, 6.07) is 0. The average Bonchev–Trinajstić information content (AvgIpc) is 2.14. The molecule has 0 heterocycles. The number of aliphatic hydroxyl groups excluding tert-OH is 1. The molecule has 108 valence electrons. The molecule has 0 amide bonds. The van der Waals surface area contributed by atoms with Gasteiger partial charge in [-0.3, -0.25) is 9.69 Å². The molecule has 0 aromatic heterocycles. The van der Waals surface area contributed by atoms with Crippen LogP contribution in [-0.2, 0) is 9.53 Å². The van der Waals surface area contributed by atoms with Gasteiger partial charge in [-0.15, -0.1) is 0 Å². The molecule has 0 aromatic rings. The Kier molecular flexibility index (Phi) is 7.93. The van der Waals surface area contributed by atoms with Crippen LogP contribution in [0, 0.1) is 0 Å². The standard InChI is InChI=1S/C11H20F3NO3/c1-3-5-15(8-11(12,13)14)7-9(16)6-10(17)18-4-2/h9,16H,3-8H2,1-2H3. The number of aliphatic hydroxyl groups is 1. The average molecular weight is 271 g/mol. The molecule has 0 fully saturated rings. The minimum atomic E-state index is -4.31. The second-order valence-electron chi connectivity index (χ2n) is 4.01. The minimum Gasteiger partial charge on any atom is -0.466 e. The van der Waals surface area contributed by atoms with Crippen LogP contribution >= 0.6 is 0 Å². The molecule has 18 heavy (non-hydrogen) atoms. The largest absolute Gasteiger partial charge is 0.466 e. The lowest BCUT2D eigenvalue weighted by atomic mass is 10.2. The number of alkyl halides is 3. The van der Waals surface area contributed by atoms with E-state index in [1.807, 2.05) is 0 Å². The molecule has 0 rings (SSSR count). The Morgan fingerprint density at radius 3 is 2.44 bits per heavy atom. The molecule has 4 nitrogen and oxygen atoms in total. The van der Waals surface area contributed by atoms with Gasteiger partial charge in [-0.2, -0.15) is 13.2 Å². The molecule has 1 unspecified atom stereocenters. The van der Waals surface area contributed by atoms with E-state index in [1.165, 1.54) is 0 Å². The van der Waals surface area contributed by atoms with Crippen LogP contribution in [0.2, 0.25) is 0 Å². The lowest BCUT2D eigenvalue weighted by molar-refractivity contribution is -0.151. The zero-order valence-electron chi connectivity index (χ0n) is 10.7. The monoisotopic (exact) mass is 271 g/mol. The van der Waals surface area contributed by atoms with E-state index in [-0.39, 0.29) is 26.1 Å². The smallest absolute Gasteiger partial charge is 0.401 e. The van der Waals surface area contributed by atoms with Crippen molar-refractivity contribution in [2.75, 3.05) is 26.2 Å². The fraction of sp³-hybridized carbons (Fsp3) is 0.909. The van der Waals surface area contributed by atoms with Crippen molar-refractivity contribution in [3.63, 3.8) is 0 Å². The molecule has 0 aromatic carbocycles. The van der Waals surface area contributed by atoms with Crippen molar-refractivity contribution >= 4 is 5.97 Å². The van der Waals surface area contributed by atoms with Crippen molar-refractivity contribution in [2.24, 2.45) is 0 Å². The molecular weight excluding hydrogens is 251 g/mol. The Bertz CT molecular complexity index is 246. The second-order valence-corrected chi connectivity index (χ2v) is 4.01. The van der Waals surface area contributed by atoms with E-state index in [1.54, 1.807) is 13.8 Å². The van der Waals surface area contributed by atoms with Gasteiger partial charge in [-0.25, -0.2) is 0 Å². The Balaban J connectivity index is 4.18. The number of ether oxygens (including phenoxy) is 1. The highest BCUT2D eigenvalue weighted by atomic mass is 19.4. The number of rotatable bonds is 8. The van der Waals surface area contributed by atoms with E-state index in [0.717, 1.165) is 4.90 Å². The summed E-state index contributed by atoms with van der Waals surface area (Å²) in [5.41, 5.74) is 0. The van der Waals surface area contributed by atoms with Crippen molar-refractivity contribution in [3.8, 4) is 0 Å². The Hall–Kier alpha value is -0.820. The SMILES string of the molecule is CCCN(CC(O)CC(=O)OCC)CC(F)(F)F. The molecule has 0 aliphatic heterocycles. The van der Waals surface area contributed by atoms with Gasteiger partial charge in [0, 0.05) is 6.54 Å². The third kappa shape index (κ3) is 9.23. The summed E-state index contributed by atoms with van der Waals surface area (Å²) < 4.78 is 41.4. The first-order valence-electron chi connectivity index (χ1n) is 5.91. The molecule has 0 aliphatic rings. The molecule has 1 atom stereocenters. The highest BCUT2D eigenvalue weighted by molar-refractivity contribution is 5.69. The lowest BCUT2D eigenvalue weighted by Crippen LogP contribution is -2.40. The Labute approximate surface area is 105 Å². The van der Waals surface area contributed by atoms with Crippen molar-refractivity contribution in [1.29, 1.82) is 0 Å². The normalized spacial score (nSPS) is 13.7. The number of hydrogen-bond acceptors (Lipinski definition) is 4. The van der Waals surface area contributed by atoms with Crippen molar-refractivity contribution < 1.29 is 27.8 Å². The molecule has 0 bridgehead atoms. The van der Waals surface area contributed by atoms with E-state index in [2.05, 4.69) is 4.74 Å². The summed E-state index contributed by atoms with van der Waals surface area (Å²) >= 11 is 0. The fourth-order valence-corrected chi connectivity index (χ4v) is 1.58. The predicted molar refractivity (Wildman–Crippen MR) is 60.0 cm³/mol. The molecule has 0 aliphatic carbocycles. The van der Waals surface area contributed by atoms with E-state index < -0.39 is 24.8 Å². The number of carbonyl (C=O) groups is 1. The second kappa shape index (κ2) is 8.31. The van der Waals surface area contributed by atoms with Gasteiger partial charge in [0.1, 0.15) is 0 Å². The van der Waals surface area contributed by atoms with Gasteiger partial charge in [0.25, 0.3) is 0 Å². The summed E-state index contributed by atoms with van der Waals surface area (Å²) in [7, 11) is 0. The van der Waals surface area contributed by atoms with E-state index >= 15 is 0 Å². The molecule has 0 spiro atoms. The number of hydrogen-bond donors (Lipinski definition) is 1. The summed E-state index contributed by atoms with van der Waals surface area (Å²) in [6.07, 6.45) is -5.19. The van der Waals surface area contributed by atoms with Crippen LogP contribution in [-0.4, -0.2) is 54.5 Å². The van der Waals surface area contributed by atoms with Crippen LogP contribution in [0.1, 0.15) is 26.7 Å². The molecule has 1 N–H and O–H groups in total. The third-order valence-corrected chi connectivity index (χ3v) is 2.12. The zero-order valence-corrected chi connectivity index (χ0v) is 10.7. The predicted octanol–water partition coefficient (Wildman–Crippen LogP) is 1.57. The third-order valence-electron chi connectivity index (χ3n) is 2.12. The van der Waals surface area contributed by atoms with Crippen LogP contribution in [0.4, 0.5) is 13.2 Å². The molecule has 0 saturated carbocycles. The molecule has 0 radical (unpaired) electrons. The Morgan fingerprint density at radius 2 is 2.00 bits per heavy atom. The van der Waals surface area contributed by atoms with Gasteiger partial charge in [-0.1, -0.05) is 6.92 Å². The highest BCUT2D eigenvalue weighted by Gasteiger charge is 2.31. The topological polar surface area (TPSA) is 49.8 Å². The van der Waals surface area contributed by atoms with Crippen molar-refractivity contribution in [2.45, 2.75) is 39.0 Å². The van der Waals surface area contributed by atoms with Crippen LogP contribution in [0.25, 0.3) is 0 Å². The van der Waals surface area contributed by atoms with Gasteiger partial charge >= 0.3 is 12.1 Å². The van der Waals surface area contributed by atoms with Gasteiger partial charge in [0.15, 0.2) is 0 Å². The first kappa shape index (κ1) is 17.2. The quantitative estimate of drug-likeness (QED) is 0.681. The van der Waals surface area contributed by atoms with E-state index in [4.69, 9.17) is 0 Å². The lowest BCUT2D eigenvalue weighted by Gasteiger charge is -2.25. The first-order chi connectivity index (χ1) is 8.28. The summed E-state index contributed by atoms with van der Waals surface area (Å²) in [5.74, 6) is -0.603. The van der Waals surface area contributed by atoms with Crippen LogP contribution in [0.15, 0.2) is 0 Å². The Morgan fingerprint density at radius 1 is 1.39 bits per heavy atom.